The van der Waals surface area contributed by atoms with Crippen molar-refractivity contribution in [3.05, 3.63) is 64.7 Å². The highest BCUT2D eigenvalue weighted by atomic mass is 16.3. The first-order valence-corrected chi connectivity index (χ1v) is 9.69. The van der Waals surface area contributed by atoms with E-state index in [4.69, 9.17) is 5.73 Å². The molecular formula is C23H26N2O3. The molecule has 1 heterocycles. The summed E-state index contributed by atoms with van der Waals surface area (Å²) in [6.45, 7) is 7.36. The highest BCUT2D eigenvalue weighted by Gasteiger charge is 2.57. The van der Waals surface area contributed by atoms with Crippen molar-refractivity contribution in [1.29, 1.82) is 0 Å². The molecule has 2 aromatic carbocycles. The Morgan fingerprint density at radius 1 is 1.07 bits per heavy atom. The highest BCUT2D eigenvalue weighted by molar-refractivity contribution is 5.97. The number of aromatic hydroxyl groups is 1. The first-order chi connectivity index (χ1) is 13.2. The molecule has 2 atom stereocenters. The molecule has 28 heavy (non-hydrogen) atoms. The van der Waals surface area contributed by atoms with Crippen molar-refractivity contribution in [2.75, 3.05) is 6.54 Å². The second kappa shape index (κ2) is 6.09. The molecule has 2 aliphatic rings. The quantitative estimate of drug-likeness (QED) is 0.841. The Hall–Kier alpha value is -2.82. The summed E-state index contributed by atoms with van der Waals surface area (Å²) in [6.07, 6.45) is 1.47. The van der Waals surface area contributed by atoms with Crippen LogP contribution in [-0.4, -0.2) is 34.4 Å². The monoisotopic (exact) mass is 378 g/mol. The van der Waals surface area contributed by atoms with Gasteiger partial charge in [-0.3, -0.25) is 9.59 Å². The summed E-state index contributed by atoms with van der Waals surface area (Å²) in [5, 5.41) is 10.5. The van der Waals surface area contributed by atoms with Gasteiger partial charge in [0.2, 0.25) is 5.91 Å². The number of carbonyl (C=O) groups is 2. The molecule has 1 saturated heterocycles. The number of hydrogen-bond acceptors (Lipinski definition) is 3. The van der Waals surface area contributed by atoms with Crippen LogP contribution in [-0.2, 0) is 11.8 Å². The van der Waals surface area contributed by atoms with Crippen LogP contribution < -0.4 is 5.73 Å². The minimum absolute atomic E-state index is 0.0182. The van der Waals surface area contributed by atoms with Crippen molar-refractivity contribution < 1.29 is 14.7 Å². The molecule has 4 rings (SSSR count). The van der Waals surface area contributed by atoms with Crippen LogP contribution in [0.25, 0.3) is 0 Å². The number of carbonyl (C=O) groups excluding carboxylic acids is 2. The van der Waals surface area contributed by atoms with E-state index in [1.807, 2.05) is 11.0 Å². The lowest BCUT2D eigenvalue weighted by atomic mass is 9.51. The van der Waals surface area contributed by atoms with Crippen LogP contribution in [0.1, 0.15) is 59.0 Å². The van der Waals surface area contributed by atoms with E-state index in [1.54, 1.807) is 30.3 Å². The molecule has 0 spiro atoms. The van der Waals surface area contributed by atoms with Crippen molar-refractivity contribution in [2.24, 2.45) is 11.1 Å². The highest BCUT2D eigenvalue weighted by Crippen LogP contribution is 2.57. The van der Waals surface area contributed by atoms with Gasteiger partial charge in [0.25, 0.3) is 5.91 Å². The lowest BCUT2D eigenvalue weighted by molar-refractivity contribution is -0.0266. The fraction of sp³-hybridized carbons (Fsp3) is 0.391. The molecule has 2 amide bonds. The van der Waals surface area contributed by atoms with Gasteiger partial charge in [0.15, 0.2) is 0 Å². The molecule has 2 bridgehead atoms. The number of phenols is 1. The number of rotatable bonds is 2. The molecule has 2 aromatic rings. The van der Waals surface area contributed by atoms with E-state index in [-0.39, 0.29) is 22.8 Å². The first-order valence-electron chi connectivity index (χ1n) is 9.69. The molecule has 0 aromatic heterocycles. The fourth-order valence-electron chi connectivity index (χ4n) is 5.11. The largest absolute Gasteiger partial charge is 0.508 e. The number of nitrogens with zero attached hydrogens (tertiary/aromatic N) is 1. The first kappa shape index (κ1) is 18.5. The number of nitrogens with two attached hydrogens (primary N) is 1. The Labute approximate surface area is 165 Å². The lowest BCUT2D eigenvalue weighted by Gasteiger charge is -2.60. The summed E-state index contributed by atoms with van der Waals surface area (Å²) >= 11 is 0. The van der Waals surface area contributed by atoms with Crippen molar-refractivity contribution in [3.8, 4) is 5.75 Å². The normalized spacial score (nSPS) is 25.1. The number of hydrogen-bond donors (Lipinski definition) is 2. The predicted octanol–water partition coefficient (Wildman–Crippen LogP) is 3.25. The summed E-state index contributed by atoms with van der Waals surface area (Å²) in [5.74, 6) is -0.243. The van der Waals surface area contributed by atoms with Crippen LogP contribution in [0, 0.1) is 5.41 Å². The molecule has 1 fully saturated rings. The molecular weight excluding hydrogens is 352 g/mol. The third-order valence-electron chi connectivity index (χ3n) is 7.30. The number of primary amides is 1. The van der Waals surface area contributed by atoms with Gasteiger partial charge in [-0.05, 0) is 59.7 Å². The zero-order valence-corrected chi connectivity index (χ0v) is 16.5. The molecule has 0 radical (unpaired) electrons. The van der Waals surface area contributed by atoms with E-state index in [1.165, 1.54) is 5.56 Å². The van der Waals surface area contributed by atoms with Crippen LogP contribution >= 0.6 is 0 Å². The number of likely N-dealkylation sites (tertiary alicyclic amines) is 1. The SMILES string of the molecule is CC12CCN(C(=O)c3ccc(C(N)=O)cc3)[C@H](Cc3c(O)cccc31)C2(C)C. The van der Waals surface area contributed by atoms with Gasteiger partial charge in [-0.2, -0.15) is 0 Å². The van der Waals surface area contributed by atoms with Crippen LogP contribution in [0.3, 0.4) is 0 Å². The summed E-state index contributed by atoms with van der Waals surface area (Å²) in [5.41, 5.74) is 8.13. The molecule has 146 valence electrons. The van der Waals surface area contributed by atoms with Gasteiger partial charge in [0, 0.05) is 29.1 Å². The molecule has 5 nitrogen and oxygen atoms in total. The third kappa shape index (κ3) is 2.45. The van der Waals surface area contributed by atoms with E-state index in [2.05, 4.69) is 26.8 Å². The average molecular weight is 378 g/mol. The second-order valence-corrected chi connectivity index (χ2v) is 8.77. The number of amides is 2. The maximum Gasteiger partial charge on any atom is 0.254 e. The van der Waals surface area contributed by atoms with Crippen LogP contribution in [0.4, 0.5) is 0 Å². The van der Waals surface area contributed by atoms with Crippen molar-refractivity contribution >= 4 is 11.8 Å². The minimum atomic E-state index is -0.506. The van der Waals surface area contributed by atoms with E-state index < -0.39 is 5.91 Å². The summed E-state index contributed by atoms with van der Waals surface area (Å²) in [6, 6.07) is 12.3. The number of fused-ring (bicyclic) bond motifs is 4. The van der Waals surface area contributed by atoms with E-state index in [0.29, 0.717) is 29.8 Å². The van der Waals surface area contributed by atoms with Crippen molar-refractivity contribution in [2.45, 2.75) is 45.1 Å². The zero-order valence-electron chi connectivity index (χ0n) is 16.5. The molecule has 1 aliphatic heterocycles. The zero-order chi connectivity index (χ0) is 20.3. The van der Waals surface area contributed by atoms with Crippen LogP contribution in [0.15, 0.2) is 42.5 Å². The van der Waals surface area contributed by atoms with E-state index >= 15 is 0 Å². The Balaban J connectivity index is 1.73. The van der Waals surface area contributed by atoms with E-state index in [9.17, 15) is 14.7 Å². The fourth-order valence-corrected chi connectivity index (χ4v) is 5.11. The molecule has 1 unspecified atom stereocenters. The minimum Gasteiger partial charge on any atom is -0.508 e. The van der Waals surface area contributed by atoms with Gasteiger partial charge in [-0.25, -0.2) is 0 Å². The maximum absolute atomic E-state index is 13.3. The summed E-state index contributed by atoms with van der Waals surface area (Å²) < 4.78 is 0. The summed E-state index contributed by atoms with van der Waals surface area (Å²) in [4.78, 5) is 26.6. The van der Waals surface area contributed by atoms with Gasteiger partial charge >= 0.3 is 0 Å². The number of phenolic OH excluding ortho intramolecular Hbond substituents is 1. The van der Waals surface area contributed by atoms with Gasteiger partial charge in [-0.15, -0.1) is 0 Å². The molecule has 0 saturated carbocycles. The topological polar surface area (TPSA) is 83.6 Å². The predicted molar refractivity (Wildman–Crippen MR) is 107 cm³/mol. The lowest BCUT2D eigenvalue weighted by Crippen LogP contribution is -2.64. The average Bonchev–Trinajstić information content (AvgIpc) is 2.65. The number of piperidine rings is 1. The van der Waals surface area contributed by atoms with Crippen molar-refractivity contribution in [3.63, 3.8) is 0 Å². The van der Waals surface area contributed by atoms with Gasteiger partial charge < -0.3 is 15.7 Å². The maximum atomic E-state index is 13.3. The van der Waals surface area contributed by atoms with E-state index in [0.717, 1.165) is 12.0 Å². The third-order valence-corrected chi connectivity index (χ3v) is 7.30. The molecule has 1 aliphatic carbocycles. The van der Waals surface area contributed by atoms with Crippen molar-refractivity contribution in [1.82, 2.24) is 4.90 Å². The van der Waals surface area contributed by atoms with Crippen LogP contribution in [0.2, 0.25) is 0 Å². The standard InChI is InChI=1S/C23H26N2O3/c1-22(2)19-13-16-17(5-4-6-18(16)26)23(22,3)11-12-25(19)21(28)15-9-7-14(8-10-15)20(24)27/h4-10,19,26H,11-13H2,1-3H3,(H2,24,27)/t19-,23?/m1/s1. The Bertz CT molecular complexity index is 964. The summed E-state index contributed by atoms with van der Waals surface area (Å²) in [7, 11) is 0. The van der Waals surface area contributed by atoms with Crippen LogP contribution in [0.5, 0.6) is 5.75 Å². The van der Waals surface area contributed by atoms with Gasteiger partial charge in [0.05, 0.1) is 0 Å². The Morgan fingerprint density at radius 2 is 1.71 bits per heavy atom. The molecule has 3 N–H and O–H groups in total. The Kier molecular flexibility index (Phi) is 4.03. The Morgan fingerprint density at radius 3 is 2.36 bits per heavy atom. The smallest absolute Gasteiger partial charge is 0.254 e. The number of benzene rings is 2. The van der Waals surface area contributed by atoms with Gasteiger partial charge in [-0.1, -0.05) is 32.9 Å². The van der Waals surface area contributed by atoms with Gasteiger partial charge in [0.1, 0.15) is 5.75 Å². The second-order valence-electron chi connectivity index (χ2n) is 8.77. The molecule has 5 heteroatoms.